The highest BCUT2D eigenvalue weighted by atomic mass is 16.3. The molecule has 1 fully saturated rings. The van der Waals surface area contributed by atoms with Gasteiger partial charge in [-0.2, -0.15) is 0 Å². The summed E-state index contributed by atoms with van der Waals surface area (Å²) in [6.07, 6.45) is 1.46. The van der Waals surface area contributed by atoms with Crippen molar-refractivity contribution in [3.05, 3.63) is 17.8 Å². The molecular weight excluding hydrogens is 218 g/mol. The second-order valence-corrected chi connectivity index (χ2v) is 5.33. The summed E-state index contributed by atoms with van der Waals surface area (Å²) in [5, 5.41) is 3.21. The summed E-state index contributed by atoms with van der Waals surface area (Å²) in [5.74, 6) is 0.571. The van der Waals surface area contributed by atoms with Crippen LogP contribution >= 0.6 is 0 Å². The van der Waals surface area contributed by atoms with Crippen molar-refractivity contribution in [3.63, 3.8) is 0 Å². The Morgan fingerprint density at radius 3 is 2.59 bits per heavy atom. The van der Waals surface area contributed by atoms with Gasteiger partial charge in [-0.1, -0.05) is 20.8 Å². The van der Waals surface area contributed by atoms with E-state index in [0.717, 1.165) is 26.2 Å². The summed E-state index contributed by atoms with van der Waals surface area (Å²) < 4.78 is 5.37. The Hall–Kier alpha value is -1.36. The number of hydrogen-bond acceptors (Lipinski definition) is 4. The first kappa shape index (κ1) is 12.1. The summed E-state index contributed by atoms with van der Waals surface area (Å²) in [4.78, 5) is 18.2. The molecule has 2 rings (SSSR count). The third kappa shape index (κ3) is 2.66. The molecule has 0 bridgehead atoms. The number of piperazine rings is 1. The predicted molar refractivity (Wildman–Crippen MR) is 64.0 cm³/mol. The highest BCUT2D eigenvalue weighted by Gasteiger charge is 2.25. The van der Waals surface area contributed by atoms with E-state index in [2.05, 4.69) is 10.3 Å². The van der Waals surface area contributed by atoms with E-state index in [0.29, 0.717) is 11.6 Å². The Labute approximate surface area is 101 Å². The first-order valence-electron chi connectivity index (χ1n) is 5.94. The predicted octanol–water partition coefficient (Wildman–Crippen LogP) is 1.02. The molecule has 0 unspecified atom stereocenters. The van der Waals surface area contributed by atoms with Gasteiger partial charge in [0.2, 0.25) is 0 Å². The minimum absolute atomic E-state index is 0.0363. The van der Waals surface area contributed by atoms with Crippen molar-refractivity contribution in [1.82, 2.24) is 15.2 Å². The Morgan fingerprint density at radius 2 is 2.06 bits per heavy atom. The standard InChI is InChI=1S/C12H19N3O2/c1-12(2,3)11-14-9(8-17-11)10(16)15-6-4-13-5-7-15/h8,13H,4-7H2,1-3H3. The van der Waals surface area contributed by atoms with Gasteiger partial charge in [0.05, 0.1) is 0 Å². The molecule has 1 saturated heterocycles. The average molecular weight is 237 g/mol. The van der Waals surface area contributed by atoms with E-state index in [-0.39, 0.29) is 11.3 Å². The number of aromatic nitrogens is 1. The molecule has 1 N–H and O–H groups in total. The van der Waals surface area contributed by atoms with Crippen LogP contribution in [0, 0.1) is 0 Å². The zero-order chi connectivity index (χ0) is 12.5. The number of nitrogens with one attached hydrogen (secondary N) is 1. The van der Waals surface area contributed by atoms with Gasteiger partial charge in [0.1, 0.15) is 6.26 Å². The molecule has 0 radical (unpaired) electrons. The van der Waals surface area contributed by atoms with E-state index < -0.39 is 0 Å². The van der Waals surface area contributed by atoms with E-state index in [4.69, 9.17) is 4.42 Å². The van der Waals surface area contributed by atoms with E-state index in [1.54, 1.807) is 4.90 Å². The SMILES string of the molecule is CC(C)(C)c1nc(C(=O)N2CCNCC2)co1. The van der Waals surface area contributed by atoms with Crippen LogP contribution in [0.25, 0.3) is 0 Å². The van der Waals surface area contributed by atoms with E-state index in [1.807, 2.05) is 20.8 Å². The molecule has 17 heavy (non-hydrogen) atoms. The zero-order valence-electron chi connectivity index (χ0n) is 10.6. The molecule has 0 spiro atoms. The minimum atomic E-state index is -0.165. The summed E-state index contributed by atoms with van der Waals surface area (Å²) in [6, 6.07) is 0. The summed E-state index contributed by atoms with van der Waals surface area (Å²) in [6.45, 7) is 9.19. The molecule has 5 heteroatoms. The van der Waals surface area contributed by atoms with Crippen molar-refractivity contribution in [2.75, 3.05) is 26.2 Å². The Kier molecular flexibility index (Phi) is 3.19. The lowest BCUT2D eigenvalue weighted by Crippen LogP contribution is -2.46. The molecule has 1 aromatic rings. The molecule has 5 nitrogen and oxygen atoms in total. The van der Waals surface area contributed by atoms with Crippen molar-refractivity contribution < 1.29 is 9.21 Å². The molecule has 0 aliphatic carbocycles. The summed E-state index contributed by atoms with van der Waals surface area (Å²) >= 11 is 0. The number of carbonyl (C=O) groups is 1. The fourth-order valence-corrected chi connectivity index (χ4v) is 1.75. The van der Waals surface area contributed by atoms with E-state index in [9.17, 15) is 4.79 Å². The van der Waals surface area contributed by atoms with Crippen molar-refractivity contribution in [2.24, 2.45) is 0 Å². The van der Waals surface area contributed by atoms with Crippen LogP contribution < -0.4 is 5.32 Å². The molecule has 0 atom stereocenters. The van der Waals surface area contributed by atoms with Gasteiger partial charge < -0.3 is 14.6 Å². The molecule has 1 aliphatic rings. The Balaban J connectivity index is 2.11. The fraction of sp³-hybridized carbons (Fsp3) is 0.667. The fourth-order valence-electron chi connectivity index (χ4n) is 1.75. The van der Waals surface area contributed by atoms with Crippen LogP contribution in [-0.4, -0.2) is 42.0 Å². The summed E-state index contributed by atoms with van der Waals surface area (Å²) in [7, 11) is 0. The van der Waals surface area contributed by atoms with Gasteiger partial charge in [-0.3, -0.25) is 4.79 Å². The highest BCUT2D eigenvalue weighted by molar-refractivity contribution is 5.92. The topological polar surface area (TPSA) is 58.4 Å². The van der Waals surface area contributed by atoms with Gasteiger partial charge in [-0.05, 0) is 0 Å². The smallest absolute Gasteiger partial charge is 0.275 e. The maximum atomic E-state index is 12.1. The van der Waals surface area contributed by atoms with Gasteiger partial charge in [-0.25, -0.2) is 4.98 Å². The molecule has 2 heterocycles. The van der Waals surface area contributed by atoms with Gasteiger partial charge >= 0.3 is 0 Å². The number of rotatable bonds is 1. The number of amides is 1. The molecule has 1 aromatic heterocycles. The van der Waals surface area contributed by atoms with Crippen LogP contribution in [0.1, 0.15) is 37.2 Å². The summed E-state index contributed by atoms with van der Waals surface area (Å²) in [5.41, 5.74) is 0.249. The molecule has 1 amide bonds. The molecule has 94 valence electrons. The quantitative estimate of drug-likeness (QED) is 0.792. The van der Waals surface area contributed by atoms with Crippen LogP contribution in [0.4, 0.5) is 0 Å². The highest BCUT2D eigenvalue weighted by Crippen LogP contribution is 2.21. The van der Waals surface area contributed by atoms with Crippen molar-refractivity contribution >= 4 is 5.91 Å². The normalized spacial score (nSPS) is 17.2. The van der Waals surface area contributed by atoms with Gasteiger partial charge in [-0.15, -0.1) is 0 Å². The first-order valence-corrected chi connectivity index (χ1v) is 5.94. The maximum absolute atomic E-state index is 12.1. The largest absolute Gasteiger partial charge is 0.448 e. The zero-order valence-corrected chi connectivity index (χ0v) is 10.6. The lowest BCUT2D eigenvalue weighted by atomic mass is 9.97. The second-order valence-electron chi connectivity index (χ2n) is 5.33. The molecular formula is C12H19N3O2. The number of hydrogen-bond donors (Lipinski definition) is 1. The van der Waals surface area contributed by atoms with Gasteiger partial charge in [0.25, 0.3) is 5.91 Å². The molecule has 1 aliphatic heterocycles. The van der Waals surface area contributed by atoms with Gasteiger partial charge in [0.15, 0.2) is 11.6 Å². The van der Waals surface area contributed by atoms with Gasteiger partial charge in [0, 0.05) is 31.6 Å². The van der Waals surface area contributed by atoms with Crippen molar-refractivity contribution in [1.29, 1.82) is 0 Å². The number of carbonyl (C=O) groups excluding carboxylic acids is 1. The van der Waals surface area contributed by atoms with Crippen LogP contribution in [-0.2, 0) is 5.41 Å². The maximum Gasteiger partial charge on any atom is 0.275 e. The lowest BCUT2D eigenvalue weighted by Gasteiger charge is -2.26. The Bertz CT molecular complexity index is 400. The van der Waals surface area contributed by atoms with E-state index in [1.165, 1.54) is 6.26 Å². The van der Waals surface area contributed by atoms with E-state index >= 15 is 0 Å². The molecule has 0 saturated carbocycles. The second kappa shape index (κ2) is 4.49. The Morgan fingerprint density at radius 1 is 1.41 bits per heavy atom. The lowest BCUT2D eigenvalue weighted by molar-refractivity contribution is 0.0730. The average Bonchev–Trinajstić information content (AvgIpc) is 2.78. The minimum Gasteiger partial charge on any atom is -0.448 e. The van der Waals surface area contributed by atoms with Crippen LogP contribution in [0.3, 0.4) is 0 Å². The number of nitrogens with zero attached hydrogens (tertiary/aromatic N) is 2. The first-order chi connectivity index (χ1) is 7.98. The van der Waals surface area contributed by atoms with Crippen LogP contribution in [0.2, 0.25) is 0 Å². The van der Waals surface area contributed by atoms with Crippen LogP contribution in [0.15, 0.2) is 10.7 Å². The monoisotopic (exact) mass is 237 g/mol. The van der Waals surface area contributed by atoms with Crippen molar-refractivity contribution in [2.45, 2.75) is 26.2 Å². The molecule has 0 aromatic carbocycles. The van der Waals surface area contributed by atoms with Crippen LogP contribution in [0.5, 0.6) is 0 Å². The van der Waals surface area contributed by atoms with Crippen molar-refractivity contribution in [3.8, 4) is 0 Å². The number of oxazole rings is 1. The third-order valence-electron chi connectivity index (χ3n) is 2.77. The third-order valence-corrected chi connectivity index (χ3v) is 2.77.